The fraction of sp³-hybridized carbons (Fsp3) is 0.909. The van der Waals surface area contributed by atoms with Gasteiger partial charge in [0.15, 0.2) is 0 Å². The highest BCUT2D eigenvalue weighted by atomic mass is 16.5. The van der Waals surface area contributed by atoms with Crippen LogP contribution in [0.5, 0.6) is 0 Å². The van der Waals surface area contributed by atoms with Crippen LogP contribution in [0.1, 0.15) is 39.0 Å². The largest absolute Gasteiger partial charge is 0.462 e. The van der Waals surface area contributed by atoms with E-state index in [-0.39, 0.29) is 12.1 Å². The lowest BCUT2D eigenvalue weighted by Gasteiger charge is -2.32. The molecule has 3 nitrogen and oxygen atoms in total. The minimum Gasteiger partial charge on any atom is -0.462 e. The Balaban J connectivity index is 2.25. The SMILES string of the molecule is CCC(=O)OC1CCC(N(C)C)CC1. The fourth-order valence-corrected chi connectivity index (χ4v) is 1.95. The molecule has 0 aromatic carbocycles. The van der Waals surface area contributed by atoms with Crippen LogP contribution in [0.25, 0.3) is 0 Å². The Morgan fingerprint density at radius 2 is 1.86 bits per heavy atom. The highest BCUT2D eigenvalue weighted by Gasteiger charge is 2.24. The number of rotatable bonds is 3. The van der Waals surface area contributed by atoms with Crippen molar-refractivity contribution in [1.82, 2.24) is 4.90 Å². The minimum atomic E-state index is -0.0571. The monoisotopic (exact) mass is 199 g/mol. The summed E-state index contributed by atoms with van der Waals surface area (Å²) in [6.45, 7) is 1.84. The Morgan fingerprint density at radius 1 is 1.29 bits per heavy atom. The van der Waals surface area contributed by atoms with Gasteiger partial charge in [-0.3, -0.25) is 4.79 Å². The van der Waals surface area contributed by atoms with Crippen LogP contribution in [0, 0.1) is 0 Å². The van der Waals surface area contributed by atoms with Gasteiger partial charge in [-0.1, -0.05) is 6.92 Å². The molecule has 1 rings (SSSR count). The van der Waals surface area contributed by atoms with Gasteiger partial charge in [0.25, 0.3) is 0 Å². The molecule has 1 saturated carbocycles. The summed E-state index contributed by atoms with van der Waals surface area (Å²) in [6.07, 6.45) is 5.01. The first-order chi connectivity index (χ1) is 6.63. The molecule has 1 fully saturated rings. The van der Waals surface area contributed by atoms with E-state index in [1.54, 1.807) is 0 Å². The Labute approximate surface area is 86.4 Å². The van der Waals surface area contributed by atoms with Crippen molar-refractivity contribution in [3.63, 3.8) is 0 Å². The van der Waals surface area contributed by atoms with Crippen molar-refractivity contribution in [2.75, 3.05) is 14.1 Å². The molecule has 0 bridgehead atoms. The van der Waals surface area contributed by atoms with Gasteiger partial charge in [-0.2, -0.15) is 0 Å². The average Bonchev–Trinajstić information content (AvgIpc) is 2.18. The molecule has 3 heteroatoms. The Kier molecular flexibility index (Phi) is 4.39. The van der Waals surface area contributed by atoms with Gasteiger partial charge in [-0.05, 0) is 39.8 Å². The molecule has 0 atom stereocenters. The molecule has 0 N–H and O–H groups in total. The summed E-state index contributed by atoms with van der Waals surface area (Å²) >= 11 is 0. The molecule has 0 aromatic rings. The predicted octanol–water partition coefficient (Wildman–Crippen LogP) is 1.81. The molecule has 0 radical (unpaired) electrons. The van der Waals surface area contributed by atoms with Gasteiger partial charge in [0, 0.05) is 12.5 Å². The van der Waals surface area contributed by atoms with E-state index < -0.39 is 0 Å². The smallest absolute Gasteiger partial charge is 0.305 e. The van der Waals surface area contributed by atoms with E-state index in [4.69, 9.17) is 4.74 Å². The van der Waals surface area contributed by atoms with Crippen molar-refractivity contribution < 1.29 is 9.53 Å². The van der Waals surface area contributed by atoms with Crippen LogP contribution in [0.4, 0.5) is 0 Å². The van der Waals surface area contributed by atoms with Gasteiger partial charge in [0.05, 0.1) is 0 Å². The predicted molar refractivity (Wildman–Crippen MR) is 56.1 cm³/mol. The maximum Gasteiger partial charge on any atom is 0.305 e. The van der Waals surface area contributed by atoms with E-state index in [1.165, 1.54) is 0 Å². The van der Waals surface area contributed by atoms with Gasteiger partial charge in [-0.15, -0.1) is 0 Å². The molecule has 0 heterocycles. The molecule has 0 aromatic heterocycles. The van der Waals surface area contributed by atoms with Crippen molar-refractivity contribution in [1.29, 1.82) is 0 Å². The average molecular weight is 199 g/mol. The highest BCUT2D eigenvalue weighted by Crippen LogP contribution is 2.23. The van der Waals surface area contributed by atoms with E-state index in [0.29, 0.717) is 12.5 Å². The zero-order chi connectivity index (χ0) is 10.6. The number of carbonyl (C=O) groups excluding carboxylic acids is 1. The Morgan fingerprint density at radius 3 is 2.29 bits per heavy atom. The van der Waals surface area contributed by atoms with Gasteiger partial charge in [0.1, 0.15) is 6.10 Å². The van der Waals surface area contributed by atoms with E-state index in [2.05, 4.69) is 19.0 Å². The summed E-state index contributed by atoms with van der Waals surface area (Å²) in [4.78, 5) is 13.3. The van der Waals surface area contributed by atoms with Crippen molar-refractivity contribution in [3.8, 4) is 0 Å². The quantitative estimate of drug-likeness (QED) is 0.649. The third kappa shape index (κ3) is 3.29. The van der Waals surface area contributed by atoms with E-state index in [0.717, 1.165) is 25.7 Å². The maximum absolute atomic E-state index is 11.1. The third-order valence-corrected chi connectivity index (χ3v) is 2.96. The van der Waals surface area contributed by atoms with Crippen LogP contribution in [-0.2, 0) is 9.53 Å². The first-order valence-electron chi connectivity index (χ1n) is 5.49. The third-order valence-electron chi connectivity index (χ3n) is 2.96. The lowest BCUT2D eigenvalue weighted by atomic mass is 9.92. The number of carbonyl (C=O) groups is 1. The molecule has 0 spiro atoms. The second kappa shape index (κ2) is 5.35. The molecule has 82 valence electrons. The van der Waals surface area contributed by atoms with Crippen LogP contribution in [0.3, 0.4) is 0 Å². The number of hydrogen-bond acceptors (Lipinski definition) is 3. The highest BCUT2D eigenvalue weighted by molar-refractivity contribution is 5.69. The molecular weight excluding hydrogens is 178 g/mol. The van der Waals surface area contributed by atoms with Crippen LogP contribution >= 0.6 is 0 Å². The van der Waals surface area contributed by atoms with Crippen LogP contribution in [0.2, 0.25) is 0 Å². The number of nitrogens with zero attached hydrogens (tertiary/aromatic N) is 1. The van der Waals surface area contributed by atoms with Gasteiger partial charge in [0.2, 0.25) is 0 Å². The minimum absolute atomic E-state index is 0.0571. The summed E-state index contributed by atoms with van der Waals surface area (Å²) < 4.78 is 5.31. The van der Waals surface area contributed by atoms with Gasteiger partial charge >= 0.3 is 5.97 Å². The zero-order valence-electron chi connectivity index (χ0n) is 9.45. The summed E-state index contributed by atoms with van der Waals surface area (Å²) in [5.41, 5.74) is 0. The molecule has 0 amide bonds. The molecule has 0 saturated heterocycles. The number of esters is 1. The second-order valence-corrected chi connectivity index (χ2v) is 4.24. The fourth-order valence-electron chi connectivity index (χ4n) is 1.95. The molecule has 0 aliphatic heterocycles. The normalized spacial score (nSPS) is 27.7. The maximum atomic E-state index is 11.1. The Bertz CT molecular complexity index is 184. The van der Waals surface area contributed by atoms with Crippen LogP contribution in [0.15, 0.2) is 0 Å². The lowest BCUT2D eigenvalue weighted by Crippen LogP contribution is -2.35. The first-order valence-corrected chi connectivity index (χ1v) is 5.49. The first kappa shape index (κ1) is 11.5. The second-order valence-electron chi connectivity index (χ2n) is 4.24. The number of hydrogen-bond donors (Lipinski definition) is 0. The van der Waals surface area contributed by atoms with Crippen LogP contribution < -0.4 is 0 Å². The summed E-state index contributed by atoms with van der Waals surface area (Å²) in [5, 5.41) is 0. The molecule has 14 heavy (non-hydrogen) atoms. The van der Waals surface area contributed by atoms with Crippen molar-refractivity contribution in [3.05, 3.63) is 0 Å². The van der Waals surface area contributed by atoms with E-state index >= 15 is 0 Å². The van der Waals surface area contributed by atoms with Gasteiger partial charge in [-0.25, -0.2) is 0 Å². The molecule has 1 aliphatic carbocycles. The summed E-state index contributed by atoms with van der Waals surface area (Å²) in [6, 6.07) is 0.673. The van der Waals surface area contributed by atoms with Crippen molar-refractivity contribution in [2.45, 2.75) is 51.2 Å². The van der Waals surface area contributed by atoms with E-state index in [1.807, 2.05) is 6.92 Å². The molecule has 0 unspecified atom stereocenters. The summed E-state index contributed by atoms with van der Waals surface area (Å²) in [7, 11) is 4.23. The lowest BCUT2D eigenvalue weighted by molar-refractivity contribution is -0.150. The summed E-state index contributed by atoms with van der Waals surface area (Å²) in [5.74, 6) is -0.0571. The van der Waals surface area contributed by atoms with Crippen molar-refractivity contribution >= 4 is 5.97 Å². The van der Waals surface area contributed by atoms with E-state index in [9.17, 15) is 4.79 Å². The Hall–Kier alpha value is -0.570. The number of ether oxygens (including phenoxy) is 1. The van der Waals surface area contributed by atoms with Gasteiger partial charge < -0.3 is 9.64 Å². The topological polar surface area (TPSA) is 29.5 Å². The standard InChI is InChI=1S/C11H21NO2/c1-4-11(13)14-10-7-5-9(6-8-10)12(2)3/h9-10H,4-8H2,1-3H3. The molecular formula is C11H21NO2. The van der Waals surface area contributed by atoms with Crippen molar-refractivity contribution in [2.24, 2.45) is 0 Å². The van der Waals surface area contributed by atoms with Crippen LogP contribution in [-0.4, -0.2) is 37.1 Å². The molecule has 1 aliphatic rings. The zero-order valence-corrected chi connectivity index (χ0v) is 9.45.